The number of halogens is 2. The Kier molecular flexibility index (Phi) is 3.72. The van der Waals surface area contributed by atoms with Gasteiger partial charge in [-0.25, -0.2) is 0 Å². The monoisotopic (exact) mass is 447 g/mol. The molecule has 6 heteroatoms. The van der Waals surface area contributed by atoms with Gasteiger partial charge in [0.05, 0.1) is 15.1 Å². The maximum atomic E-state index is 12.0. The minimum absolute atomic E-state index is 0.105. The Bertz CT molecular complexity index is 676. The van der Waals surface area contributed by atoms with Gasteiger partial charge in [-0.2, -0.15) is 0 Å². The van der Waals surface area contributed by atoms with Gasteiger partial charge in [-0.15, -0.1) is 0 Å². The summed E-state index contributed by atoms with van der Waals surface area (Å²) in [5.41, 5.74) is 0.852. The SMILES string of the molecule is O=C1Nc2ccccc2S/C1=C\c1cc(Br)c(I)o1. The second-order valence-corrected chi connectivity index (χ2v) is 6.75. The predicted molar refractivity (Wildman–Crippen MR) is 88.0 cm³/mol. The van der Waals surface area contributed by atoms with E-state index in [0.29, 0.717) is 10.7 Å². The Morgan fingerprint density at radius 1 is 1.37 bits per heavy atom. The fraction of sp³-hybridized carbons (Fsp3) is 0. The van der Waals surface area contributed by atoms with E-state index in [2.05, 4.69) is 43.8 Å². The molecule has 1 amide bonds. The number of hydrogen-bond acceptors (Lipinski definition) is 3. The first-order valence-corrected chi connectivity index (χ1v) is 8.07. The average molecular weight is 448 g/mol. The van der Waals surface area contributed by atoms with Gasteiger partial charge in [-0.3, -0.25) is 4.79 Å². The van der Waals surface area contributed by atoms with Gasteiger partial charge in [0.15, 0.2) is 3.77 Å². The van der Waals surface area contributed by atoms with Gasteiger partial charge in [0.25, 0.3) is 5.91 Å². The smallest absolute Gasteiger partial charge is 0.262 e. The Labute approximate surface area is 136 Å². The number of hydrogen-bond donors (Lipinski definition) is 1. The van der Waals surface area contributed by atoms with Gasteiger partial charge >= 0.3 is 0 Å². The third-order valence-electron chi connectivity index (χ3n) is 2.52. The molecule has 1 aliphatic rings. The molecule has 0 saturated carbocycles. The minimum Gasteiger partial charge on any atom is -0.450 e. The van der Waals surface area contributed by atoms with Crippen molar-refractivity contribution in [3.8, 4) is 0 Å². The fourth-order valence-electron chi connectivity index (χ4n) is 1.67. The zero-order valence-corrected chi connectivity index (χ0v) is 14.0. The second kappa shape index (κ2) is 5.34. The molecule has 96 valence electrons. The van der Waals surface area contributed by atoms with Crippen molar-refractivity contribution >= 4 is 68.0 Å². The van der Waals surface area contributed by atoms with Crippen molar-refractivity contribution in [2.45, 2.75) is 4.90 Å². The lowest BCUT2D eigenvalue weighted by Crippen LogP contribution is -2.16. The molecule has 1 aromatic heterocycles. The number of benzene rings is 1. The van der Waals surface area contributed by atoms with E-state index in [1.165, 1.54) is 11.8 Å². The molecule has 0 atom stereocenters. The highest BCUT2D eigenvalue weighted by Gasteiger charge is 2.21. The average Bonchev–Trinajstić information content (AvgIpc) is 2.69. The van der Waals surface area contributed by atoms with Crippen LogP contribution in [0.2, 0.25) is 0 Å². The van der Waals surface area contributed by atoms with Crippen molar-refractivity contribution in [1.29, 1.82) is 0 Å². The molecule has 1 aliphatic heterocycles. The molecule has 0 radical (unpaired) electrons. The molecule has 1 aromatic carbocycles. The van der Waals surface area contributed by atoms with Gasteiger partial charge in [-0.05, 0) is 34.1 Å². The lowest BCUT2D eigenvalue weighted by molar-refractivity contribution is -0.112. The Balaban J connectivity index is 1.96. The Morgan fingerprint density at radius 3 is 2.89 bits per heavy atom. The molecule has 0 unspecified atom stereocenters. The Hall–Kier alpha value is -0.730. The highest BCUT2D eigenvalue weighted by molar-refractivity contribution is 14.1. The van der Waals surface area contributed by atoms with Crippen molar-refractivity contribution in [3.63, 3.8) is 0 Å². The van der Waals surface area contributed by atoms with Crippen molar-refractivity contribution < 1.29 is 9.21 Å². The van der Waals surface area contributed by atoms with E-state index in [9.17, 15) is 4.79 Å². The van der Waals surface area contributed by atoms with Crippen LogP contribution in [-0.2, 0) is 4.79 Å². The third kappa shape index (κ3) is 2.75. The van der Waals surface area contributed by atoms with Gasteiger partial charge in [0, 0.05) is 33.6 Å². The molecule has 0 bridgehead atoms. The van der Waals surface area contributed by atoms with E-state index in [4.69, 9.17) is 4.42 Å². The number of furan rings is 1. The van der Waals surface area contributed by atoms with Crippen LogP contribution in [0.15, 0.2) is 49.0 Å². The topological polar surface area (TPSA) is 42.2 Å². The number of amides is 1. The Morgan fingerprint density at radius 2 is 2.16 bits per heavy atom. The van der Waals surface area contributed by atoms with Crippen LogP contribution in [0.3, 0.4) is 0 Å². The standard InChI is InChI=1S/C13H7BrINO2S/c14-8-5-7(18-12(8)15)6-11-13(17)16-9-3-1-2-4-10(9)19-11/h1-6H,(H,16,17)/b11-6-. The van der Waals surface area contributed by atoms with Crippen molar-refractivity contribution in [1.82, 2.24) is 0 Å². The predicted octanol–water partition coefficient (Wildman–Crippen LogP) is 4.73. The number of rotatable bonds is 1. The van der Waals surface area contributed by atoms with E-state index < -0.39 is 0 Å². The summed E-state index contributed by atoms with van der Waals surface area (Å²) in [6, 6.07) is 9.58. The largest absolute Gasteiger partial charge is 0.450 e. The molecule has 0 aliphatic carbocycles. The van der Waals surface area contributed by atoms with Crippen LogP contribution < -0.4 is 5.32 Å². The summed E-state index contributed by atoms with van der Waals surface area (Å²) in [4.78, 5) is 13.7. The lowest BCUT2D eigenvalue weighted by Gasteiger charge is -2.17. The molecule has 0 spiro atoms. The number of carbonyl (C=O) groups is 1. The normalized spacial score (nSPS) is 16.3. The van der Waals surface area contributed by atoms with Crippen LogP contribution in [0.4, 0.5) is 5.69 Å². The highest BCUT2D eigenvalue weighted by Crippen LogP contribution is 2.39. The van der Waals surface area contributed by atoms with Crippen LogP contribution >= 0.6 is 50.3 Å². The van der Waals surface area contributed by atoms with Crippen molar-refractivity contribution in [3.05, 3.63) is 49.2 Å². The summed E-state index contributed by atoms with van der Waals surface area (Å²) in [7, 11) is 0. The third-order valence-corrected chi connectivity index (χ3v) is 5.75. The number of para-hydroxylation sites is 1. The molecular formula is C13H7BrINO2S. The van der Waals surface area contributed by atoms with Crippen molar-refractivity contribution in [2.24, 2.45) is 0 Å². The van der Waals surface area contributed by atoms with Crippen LogP contribution in [-0.4, -0.2) is 5.91 Å². The van der Waals surface area contributed by atoms with Gasteiger partial charge < -0.3 is 9.73 Å². The zero-order chi connectivity index (χ0) is 13.4. The maximum Gasteiger partial charge on any atom is 0.262 e. The summed E-state index contributed by atoms with van der Waals surface area (Å²) >= 11 is 6.92. The molecule has 19 heavy (non-hydrogen) atoms. The van der Waals surface area contributed by atoms with Gasteiger partial charge in [0.1, 0.15) is 5.76 Å². The minimum atomic E-state index is -0.105. The molecule has 3 rings (SSSR count). The van der Waals surface area contributed by atoms with E-state index in [0.717, 1.165) is 18.8 Å². The fourth-order valence-corrected chi connectivity index (χ4v) is 3.31. The van der Waals surface area contributed by atoms with Crippen molar-refractivity contribution in [2.75, 3.05) is 5.32 Å². The lowest BCUT2D eigenvalue weighted by atomic mass is 10.3. The first-order chi connectivity index (χ1) is 9.13. The number of fused-ring (bicyclic) bond motifs is 1. The molecule has 3 nitrogen and oxygen atoms in total. The van der Waals surface area contributed by atoms with E-state index in [1.807, 2.05) is 30.3 Å². The van der Waals surface area contributed by atoms with Crippen LogP contribution in [0.25, 0.3) is 6.08 Å². The van der Waals surface area contributed by atoms with Crippen LogP contribution in [0.1, 0.15) is 5.76 Å². The quantitative estimate of drug-likeness (QED) is 0.507. The van der Waals surface area contributed by atoms with E-state index >= 15 is 0 Å². The molecule has 1 N–H and O–H groups in total. The first-order valence-electron chi connectivity index (χ1n) is 5.38. The molecule has 0 fully saturated rings. The molecular weight excluding hydrogens is 441 g/mol. The van der Waals surface area contributed by atoms with E-state index in [1.54, 1.807) is 6.08 Å². The molecule has 0 saturated heterocycles. The number of anilines is 1. The highest BCUT2D eigenvalue weighted by atomic mass is 127. The van der Waals surface area contributed by atoms with Gasteiger partial charge in [-0.1, -0.05) is 23.9 Å². The molecule has 2 heterocycles. The summed E-state index contributed by atoms with van der Waals surface area (Å²) in [5.74, 6) is 0.555. The summed E-state index contributed by atoms with van der Waals surface area (Å²) in [5, 5.41) is 2.87. The summed E-state index contributed by atoms with van der Waals surface area (Å²) < 4.78 is 7.18. The number of carbonyl (C=O) groups excluding carboxylic acids is 1. The maximum absolute atomic E-state index is 12.0. The van der Waals surface area contributed by atoms with Crippen LogP contribution in [0.5, 0.6) is 0 Å². The number of nitrogens with one attached hydrogen (secondary N) is 1. The summed E-state index contributed by atoms with van der Waals surface area (Å²) in [6.07, 6.45) is 1.75. The van der Waals surface area contributed by atoms with E-state index in [-0.39, 0.29) is 5.91 Å². The molecule has 2 aromatic rings. The van der Waals surface area contributed by atoms with Crippen LogP contribution in [0, 0.1) is 3.77 Å². The van der Waals surface area contributed by atoms with Gasteiger partial charge in [0.2, 0.25) is 0 Å². The first kappa shape index (κ1) is 13.3. The number of thioether (sulfide) groups is 1. The zero-order valence-electron chi connectivity index (χ0n) is 9.44. The second-order valence-electron chi connectivity index (χ2n) is 3.83. The summed E-state index contributed by atoms with van der Waals surface area (Å²) in [6.45, 7) is 0.